The molecular formula is C6H10N4. The van der Waals surface area contributed by atoms with Crippen molar-refractivity contribution in [2.45, 2.75) is 25.7 Å². The normalized spacial score (nSPS) is 7.60. The Labute approximate surface area is 59.7 Å². The quantitative estimate of drug-likeness (QED) is 0.236. The number of nitrogens with zero attached hydrogens (tertiary/aromatic N) is 4. The molecule has 0 spiro atoms. The van der Waals surface area contributed by atoms with Crippen LogP contribution in [0.5, 0.6) is 0 Å². The van der Waals surface area contributed by atoms with E-state index < -0.39 is 0 Å². The van der Waals surface area contributed by atoms with Crippen LogP contribution in [-0.4, -0.2) is 22.0 Å². The van der Waals surface area contributed by atoms with E-state index >= 15 is 0 Å². The summed E-state index contributed by atoms with van der Waals surface area (Å²) in [6.45, 7) is 0. The zero-order chi connectivity index (χ0) is 7.66. The molecule has 0 amide bonds. The van der Waals surface area contributed by atoms with Gasteiger partial charge in [0.15, 0.2) is 0 Å². The maximum atomic E-state index is 7.97. The van der Waals surface area contributed by atoms with Crippen molar-refractivity contribution < 1.29 is 9.58 Å². The minimum atomic E-state index is 0.774. The zero-order valence-corrected chi connectivity index (χ0v) is 5.77. The number of hydrogen-bond acceptors (Lipinski definition) is 0. The van der Waals surface area contributed by atoms with Crippen LogP contribution in [0.25, 0.3) is 11.1 Å². The maximum Gasteiger partial charge on any atom is 0.257 e. The molecule has 0 aliphatic rings. The van der Waals surface area contributed by atoms with E-state index in [1.165, 1.54) is 12.4 Å². The van der Waals surface area contributed by atoms with Gasteiger partial charge in [-0.05, 0) is 12.8 Å². The lowest BCUT2D eigenvalue weighted by Gasteiger charge is -1.82. The summed E-state index contributed by atoms with van der Waals surface area (Å²) in [5.74, 6) is 0. The van der Waals surface area contributed by atoms with Gasteiger partial charge in [-0.3, -0.25) is 0 Å². The molecule has 0 saturated heterocycles. The van der Waals surface area contributed by atoms with E-state index in [4.69, 9.17) is 11.1 Å². The van der Waals surface area contributed by atoms with E-state index in [0.717, 1.165) is 25.7 Å². The van der Waals surface area contributed by atoms with Crippen LogP contribution in [0, 0.1) is 0 Å². The third kappa shape index (κ3) is 6.76. The second-order valence-electron chi connectivity index (χ2n) is 1.88. The molecule has 0 unspecified atom stereocenters. The van der Waals surface area contributed by atoms with Gasteiger partial charge in [-0.15, -0.1) is 0 Å². The van der Waals surface area contributed by atoms with Crippen molar-refractivity contribution in [3.63, 3.8) is 0 Å². The van der Waals surface area contributed by atoms with Crippen molar-refractivity contribution in [2.75, 3.05) is 0 Å². The summed E-state index contributed by atoms with van der Waals surface area (Å²) in [5, 5.41) is 0. The number of unbranched alkanes of at least 4 members (excludes halogenated alkanes) is 3. The van der Waals surface area contributed by atoms with Crippen LogP contribution in [0.15, 0.2) is 0 Å². The standard InChI is InChI=1S/C6H10N4/c7-9-5-3-1-2-4-6-10-8/h5-6H,1-4H2. The highest BCUT2D eigenvalue weighted by Gasteiger charge is 1.88. The molecule has 54 valence electrons. The molecule has 0 aliphatic heterocycles. The summed E-state index contributed by atoms with van der Waals surface area (Å²) in [6, 6.07) is 0. The molecule has 0 aromatic rings. The first kappa shape index (κ1) is 8.76. The first-order valence-corrected chi connectivity index (χ1v) is 3.23. The van der Waals surface area contributed by atoms with Crippen molar-refractivity contribution in [1.82, 2.24) is 0 Å². The first-order valence-electron chi connectivity index (χ1n) is 3.23. The Morgan fingerprint density at radius 2 is 1.30 bits per heavy atom. The van der Waals surface area contributed by atoms with E-state index in [2.05, 4.69) is 9.58 Å². The lowest BCUT2D eigenvalue weighted by atomic mass is 10.2. The summed E-state index contributed by atoms with van der Waals surface area (Å²) in [5.41, 5.74) is 15.9. The summed E-state index contributed by atoms with van der Waals surface area (Å²) in [7, 11) is 0. The average Bonchev–Trinajstić information content (AvgIpc) is 1.97. The highest BCUT2D eigenvalue weighted by Crippen LogP contribution is 1.93. The van der Waals surface area contributed by atoms with E-state index in [-0.39, 0.29) is 0 Å². The molecule has 0 bridgehead atoms. The molecule has 0 rings (SSSR count). The van der Waals surface area contributed by atoms with Crippen LogP contribution in [0.1, 0.15) is 25.7 Å². The molecule has 4 heteroatoms. The molecule has 0 heterocycles. The van der Waals surface area contributed by atoms with Crippen molar-refractivity contribution in [2.24, 2.45) is 0 Å². The SMILES string of the molecule is [N-]=[N+]=CCCCCC=[N+]=[N-]. The van der Waals surface area contributed by atoms with Crippen LogP contribution >= 0.6 is 0 Å². The van der Waals surface area contributed by atoms with E-state index in [1.54, 1.807) is 0 Å². The van der Waals surface area contributed by atoms with Crippen molar-refractivity contribution in [1.29, 1.82) is 0 Å². The fraction of sp³-hybridized carbons (Fsp3) is 0.667. The Bertz CT molecular complexity index is 143. The Morgan fingerprint density at radius 1 is 0.900 bits per heavy atom. The van der Waals surface area contributed by atoms with E-state index in [1.807, 2.05) is 0 Å². The summed E-state index contributed by atoms with van der Waals surface area (Å²) in [4.78, 5) is 5.69. The second kappa shape index (κ2) is 7.76. The lowest BCUT2D eigenvalue weighted by molar-refractivity contribution is -0.000734. The molecule has 0 N–H and O–H groups in total. The average molecular weight is 138 g/mol. The van der Waals surface area contributed by atoms with E-state index in [9.17, 15) is 0 Å². The Kier molecular flexibility index (Phi) is 6.80. The third-order valence-corrected chi connectivity index (χ3v) is 1.08. The maximum absolute atomic E-state index is 7.97. The minimum absolute atomic E-state index is 0.774. The lowest BCUT2D eigenvalue weighted by Crippen LogP contribution is -1.80. The largest absolute Gasteiger partial charge is 0.362 e. The van der Waals surface area contributed by atoms with Gasteiger partial charge >= 0.3 is 0 Å². The summed E-state index contributed by atoms with van der Waals surface area (Å²) >= 11 is 0. The topological polar surface area (TPSA) is 72.8 Å². The van der Waals surface area contributed by atoms with Crippen LogP contribution < -0.4 is 0 Å². The predicted octanol–water partition coefficient (Wildman–Crippen LogP) is 1.15. The van der Waals surface area contributed by atoms with Gasteiger partial charge in [-0.2, -0.15) is 9.58 Å². The monoisotopic (exact) mass is 138 g/mol. The van der Waals surface area contributed by atoms with Gasteiger partial charge in [0, 0.05) is 12.8 Å². The fourth-order valence-electron chi connectivity index (χ4n) is 0.587. The van der Waals surface area contributed by atoms with Gasteiger partial charge in [0.2, 0.25) is 0 Å². The molecule has 0 aromatic heterocycles. The Hall–Kier alpha value is -1.24. The Balaban J connectivity index is 3.04. The zero-order valence-electron chi connectivity index (χ0n) is 5.77. The van der Waals surface area contributed by atoms with Crippen LogP contribution in [0.2, 0.25) is 0 Å². The first-order chi connectivity index (χ1) is 4.91. The van der Waals surface area contributed by atoms with E-state index in [0.29, 0.717) is 0 Å². The summed E-state index contributed by atoms with van der Waals surface area (Å²) < 4.78 is 0. The third-order valence-electron chi connectivity index (χ3n) is 1.08. The van der Waals surface area contributed by atoms with Gasteiger partial charge < -0.3 is 11.1 Å². The van der Waals surface area contributed by atoms with Crippen molar-refractivity contribution in [3.05, 3.63) is 11.1 Å². The highest BCUT2D eigenvalue weighted by molar-refractivity contribution is 5.51. The molecule has 0 aliphatic carbocycles. The molecule has 0 fully saturated rings. The molecular weight excluding hydrogens is 128 g/mol. The van der Waals surface area contributed by atoms with Gasteiger partial charge in [-0.1, -0.05) is 0 Å². The van der Waals surface area contributed by atoms with Gasteiger partial charge in [0.05, 0.1) is 0 Å². The van der Waals surface area contributed by atoms with Gasteiger partial charge in [-0.25, -0.2) is 0 Å². The van der Waals surface area contributed by atoms with Gasteiger partial charge in [0.25, 0.3) is 12.4 Å². The fourth-order valence-corrected chi connectivity index (χ4v) is 0.587. The van der Waals surface area contributed by atoms with Crippen molar-refractivity contribution >= 4 is 12.4 Å². The van der Waals surface area contributed by atoms with Gasteiger partial charge in [0.1, 0.15) is 0 Å². The molecule has 0 aromatic carbocycles. The molecule has 10 heavy (non-hydrogen) atoms. The second-order valence-corrected chi connectivity index (χ2v) is 1.88. The minimum Gasteiger partial charge on any atom is -0.362 e. The Morgan fingerprint density at radius 3 is 1.60 bits per heavy atom. The number of rotatable bonds is 5. The van der Waals surface area contributed by atoms with Crippen LogP contribution in [0.3, 0.4) is 0 Å². The van der Waals surface area contributed by atoms with Crippen LogP contribution in [0.4, 0.5) is 0 Å². The highest BCUT2D eigenvalue weighted by atomic mass is 14.8. The molecule has 0 atom stereocenters. The molecule has 0 saturated carbocycles. The van der Waals surface area contributed by atoms with Crippen molar-refractivity contribution in [3.8, 4) is 0 Å². The molecule has 4 nitrogen and oxygen atoms in total. The predicted molar refractivity (Wildman–Crippen MR) is 37.8 cm³/mol. The van der Waals surface area contributed by atoms with Crippen LogP contribution in [-0.2, 0) is 0 Å². The molecule has 0 radical (unpaired) electrons. The number of hydrogen-bond donors (Lipinski definition) is 0. The summed E-state index contributed by atoms with van der Waals surface area (Å²) in [6.07, 6.45) is 6.36. The smallest absolute Gasteiger partial charge is 0.257 e.